The van der Waals surface area contributed by atoms with Crippen LogP contribution in [0, 0.1) is 0 Å². The normalized spacial score (nSPS) is 17.7. The van der Waals surface area contributed by atoms with E-state index in [0.29, 0.717) is 23.8 Å². The molecular weight excluding hydrogens is 408 g/mol. The summed E-state index contributed by atoms with van der Waals surface area (Å²) in [5.41, 5.74) is 0.698. The number of aromatic nitrogens is 1. The quantitative estimate of drug-likeness (QED) is 0.547. The smallest absolute Gasteiger partial charge is 0.338 e. The number of furan rings is 1. The summed E-state index contributed by atoms with van der Waals surface area (Å²) in [6.45, 7) is 2.36. The third-order valence-electron chi connectivity index (χ3n) is 5.11. The highest BCUT2D eigenvalue weighted by Crippen LogP contribution is 2.25. The van der Waals surface area contributed by atoms with Gasteiger partial charge < -0.3 is 13.7 Å². The van der Waals surface area contributed by atoms with E-state index in [1.807, 2.05) is 6.92 Å². The van der Waals surface area contributed by atoms with E-state index in [4.69, 9.17) is 13.7 Å². The number of carbonyl (C=O) groups excluding carboxylic acids is 1. The molecule has 1 atom stereocenters. The molecule has 8 nitrogen and oxygen atoms in total. The van der Waals surface area contributed by atoms with Gasteiger partial charge in [-0.1, -0.05) is 11.6 Å². The zero-order chi connectivity index (χ0) is 21.1. The van der Waals surface area contributed by atoms with Crippen molar-refractivity contribution < 1.29 is 26.9 Å². The molecule has 0 radical (unpaired) electrons. The van der Waals surface area contributed by atoms with Gasteiger partial charge in [0.05, 0.1) is 16.7 Å². The molecule has 9 heteroatoms. The highest BCUT2D eigenvalue weighted by atomic mass is 32.2. The minimum atomic E-state index is -3.58. The van der Waals surface area contributed by atoms with Gasteiger partial charge in [-0.25, -0.2) is 13.2 Å². The maximum atomic E-state index is 12.9. The summed E-state index contributed by atoms with van der Waals surface area (Å²) < 4.78 is 42.9. The molecular formula is C21H22N2O6S. The van der Waals surface area contributed by atoms with Gasteiger partial charge >= 0.3 is 5.97 Å². The molecule has 0 aliphatic carbocycles. The molecule has 0 amide bonds. The van der Waals surface area contributed by atoms with E-state index in [-0.39, 0.29) is 23.1 Å². The van der Waals surface area contributed by atoms with Gasteiger partial charge in [0.25, 0.3) is 0 Å². The fourth-order valence-corrected chi connectivity index (χ4v) is 5.16. The molecule has 1 fully saturated rings. The maximum absolute atomic E-state index is 12.9. The van der Waals surface area contributed by atoms with E-state index in [1.165, 1.54) is 34.8 Å². The third-order valence-corrected chi connectivity index (χ3v) is 7.14. The zero-order valence-corrected chi connectivity index (χ0v) is 17.3. The summed E-state index contributed by atoms with van der Waals surface area (Å²) in [6, 6.07) is 10.9. The van der Waals surface area contributed by atoms with E-state index in [2.05, 4.69) is 5.16 Å². The topological polar surface area (TPSA) is 103 Å². The lowest BCUT2D eigenvalue weighted by molar-refractivity contribution is 0.0464. The summed E-state index contributed by atoms with van der Waals surface area (Å²) in [5, 5.41) is 3.85. The molecule has 1 saturated heterocycles. The molecule has 0 saturated carbocycles. The van der Waals surface area contributed by atoms with Crippen LogP contribution in [0.5, 0.6) is 0 Å². The number of hydrogen-bond donors (Lipinski definition) is 0. The summed E-state index contributed by atoms with van der Waals surface area (Å²) >= 11 is 0. The monoisotopic (exact) mass is 430 g/mol. The second-order valence-corrected chi connectivity index (χ2v) is 9.11. The predicted molar refractivity (Wildman–Crippen MR) is 107 cm³/mol. The van der Waals surface area contributed by atoms with Crippen LogP contribution in [0.3, 0.4) is 0 Å². The number of nitrogens with zero attached hydrogens (tertiary/aromatic N) is 2. The second kappa shape index (κ2) is 8.45. The molecule has 0 spiro atoms. The molecule has 1 aliphatic heterocycles. The van der Waals surface area contributed by atoms with Crippen molar-refractivity contribution in [2.75, 3.05) is 6.54 Å². The molecule has 158 valence electrons. The molecule has 2 aromatic heterocycles. The molecule has 4 rings (SSSR count). The van der Waals surface area contributed by atoms with Crippen molar-refractivity contribution >= 4 is 16.0 Å². The standard InChI is InChI=1S/C21H22N2O6S/c1-15-5-2-3-11-23(15)30(25,26)18-9-7-16(8-10-18)21(24)28-14-17-13-20(29-22-17)19-6-4-12-27-19/h4,6-10,12-13,15H,2-3,5,11,14H2,1H3/t15-/m0/s1. The van der Waals surface area contributed by atoms with Gasteiger partial charge in [-0.2, -0.15) is 4.31 Å². The van der Waals surface area contributed by atoms with E-state index >= 15 is 0 Å². The average molecular weight is 430 g/mol. The summed E-state index contributed by atoms with van der Waals surface area (Å²) in [7, 11) is -3.58. The average Bonchev–Trinajstić information content (AvgIpc) is 3.44. The van der Waals surface area contributed by atoms with Crippen LogP contribution in [0.2, 0.25) is 0 Å². The summed E-state index contributed by atoms with van der Waals surface area (Å²) in [4.78, 5) is 12.5. The van der Waals surface area contributed by atoms with E-state index < -0.39 is 16.0 Å². The fraction of sp³-hybridized carbons (Fsp3) is 0.333. The van der Waals surface area contributed by atoms with Crippen LogP contribution in [0.4, 0.5) is 0 Å². The first-order valence-electron chi connectivity index (χ1n) is 9.73. The number of esters is 1. The van der Waals surface area contributed by atoms with E-state index in [9.17, 15) is 13.2 Å². The first kappa shape index (κ1) is 20.4. The number of benzene rings is 1. The van der Waals surface area contributed by atoms with Crippen molar-refractivity contribution in [1.29, 1.82) is 0 Å². The highest BCUT2D eigenvalue weighted by molar-refractivity contribution is 7.89. The molecule has 1 aromatic carbocycles. The minimum Gasteiger partial charge on any atom is -0.461 e. The minimum absolute atomic E-state index is 0.0260. The number of hydrogen-bond acceptors (Lipinski definition) is 7. The third kappa shape index (κ3) is 4.17. The molecule has 3 heterocycles. The zero-order valence-electron chi connectivity index (χ0n) is 16.5. The second-order valence-electron chi connectivity index (χ2n) is 7.22. The Labute approximate surface area is 174 Å². The Morgan fingerprint density at radius 3 is 2.70 bits per heavy atom. The lowest BCUT2D eigenvalue weighted by atomic mass is 10.1. The van der Waals surface area contributed by atoms with Crippen LogP contribution < -0.4 is 0 Å². The Balaban J connectivity index is 1.39. The summed E-state index contributed by atoms with van der Waals surface area (Å²) in [5.74, 6) is 0.389. The van der Waals surface area contributed by atoms with Gasteiger partial charge in [-0.15, -0.1) is 0 Å². The van der Waals surface area contributed by atoms with Crippen LogP contribution >= 0.6 is 0 Å². The fourth-order valence-electron chi connectivity index (χ4n) is 3.46. The number of carbonyl (C=O) groups is 1. The lowest BCUT2D eigenvalue weighted by Gasteiger charge is -2.32. The van der Waals surface area contributed by atoms with Crippen LogP contribution in [-0.2, 0) is 21.4 Å². The van der Waals surface area contributed by atoms with Crippen molar-refractivity contribution in [1.82, 2.24) is 9.46 Å². The first-order valence-corrected chi connectivity index (χ1v) is 11.2. The molecule has 30 heavy (non-hydrogen) atoms. The first-order chi connectivity index (χ1) is 14.4. The van der Waals surface area contributed by atoms with Gasteiger partial charge in [0.1, 0.15) is 12.3 Å². The van der Waals surface area contributed by atoms with E-state index in [1.54, 1.807) is 18.2 Å². The molecule has 0 unspecified atom stereocenters. The van der Waals surface area contributed by atoms with Crippen molar-refractivity contribution in [3.05, 3.63) is 60.0 Å². The van der Waals surface area contributed by atoms with Crippen molar-refractivity contribution in [3.8, 4) is 11.5 Å². The van der Waals surface area contributed by atoms with Crippen LogP contribution in [-0.4, -0.2) is 36.4 Å². The summed E-state index contributed by atoms with van der Waals surface area (Å²) in [6.07, 6.45) is 4.27. The molecule has 0 bridgehead atoms. The van der Waals surface area contributed by atoms with E-state index in [0.717, 1.165) is 19.3 Å². The Kier molecular flexibility index (Phi) is 5.74. The molecule has 1 aliphatic rings. The Morgan fingerprint density at radius 2 is 2.00 bits per heavy atom. The number of rotatable bonds is 6. The van der Waals surface area contributed by atoms with Crippen LogP contribution in [0.25, 0.3) is 11.5 Å². The van der Waals surface area contributed by atoms with Crippen LogP contribution in [0.1, 0.15) is 42.2 Å². The lowest BCUT2D eigenvalue weighted by Crippen LogP contribution is -2.41. The van der Waals surface area contributed by atoms with Gasteiger partial charge in [0.2, 0.25) is 15.8 Å². The number of sulfonamides is 1. The molecule has 3 aromatic rings. The Morgan fingerprint density at radius 1 is 1.20 bits per heavy atom. The maximum Gasteiger partial charge on any atom is 0.338 e. The van der Waals surface area contributed by atoms with Crippen LogP contribution in [0.15, 0.2) is 62.6 Å². The SMILES string of the molecule is C[C@H]1CCCCN1S(=O)(=O)c1ccc(C(=O)OCc2cc(-c3ccco3)on2)cc1. The van der Waals surface area contributed by atoms with Gasteiger partial charge in [0, 0.05) is 18.7 Å². The Bertz CT molecular complexity index is 1100. The number of piperidine rings is 1. The largest absolute Gasteiger partial charge is 0.461 e. The predicted octanol–water partition coefficient (Wildman–Crippen LogP) is 3.85. The highest BCUT2D eigenvalue weighted by Gasteiger charge is 2.31. The molecule has 0 N–H and O–H groups in total. The Hall–Kier alpha value is -2.91. The number of ether oxygens (including phenoxy) is 1. The van der Waals surface area contributed by atoms with Crippen molar-refractivity contribution in [2.45, 2.75) is 43.7 Å². The van der Waals surface area contributed by atoms with Gasteiger partial charge in [-0.3, -0.25) is 0 Å². The van der Waals surface area contributed by atoms with Crippen molar-refractivity contribution in [3.63, 3.8) is 0 Å². The van der Waals surface area contributed by atoms with Crippen molar-refractivity contribution in [2.24, 2.45) is 0 Å². The van der Waals surface area contributed by atoms with Gasteiger partial charge in [0.15, 0.2) is 5.76 Å². The van der Waals surface area contributed by atoms with Gasteiger partial charge in [-0.05, 0) is 56.2 Å².